The molecule has 3 heteroatoms. The van der Waals surface area contributed by atoms with Crippen LogP contribution in [-0.2, 0) is 5.41 Å². The molecule has 4 aromatic rings. The van der Waals surface area contributed by atoms with E-state index in [0.29, 0.717) is 0 Å². The highest BCUT2D eigenvalue weighted by atomic mass is 14.9. The Hall–Kier alpha value is -3.33. The summed E-state index contributed by atoms with van der Waals surface area (Å²) in [7, 11) is 3.88. The van der Waals surface area contributed by atoms with Crippen molar-refractivity contribution in [1.29, 1.82) is 0 Å². The molecule has 3 nitrogen and oxygen atoms in total. The quantitative estimate of drug-likeness (QED) is 0.392. The molecule has 1 heterocycles. The molecule has 0 amide bonds. The third kappa shape index (κ3) is 3.76. The Balaban J connectivity index is 1.84. The van der Waals surface area contributed by atoms with Crippen LogP contribution in [0.5, 0.6) is 0 Å². The zero-order chi connectivity index (χ0) is 21.3. The van der Waals surface area contributed by atoms with Gasteiger partial charge in [-0.3, -0.25) is 4.98 Å². The highest BCUT2D eigenvalue weighted by Crippen LogP contribution is 2.35. The molecule has 0 aliphatic carbocycles. The van der Waals surface area contributed by atoms with Crippen molar-refractivity contribution in [3.05, 3.63) is 78.5 Å². The van der Waals surface area contributed by atoms with Crippen LogP contribution in [0.1, 0.15) is 26.3 Å². The lowest BCUT2D eigenvalue weighted by Gasteiger charge is -2.22. The molecule has 0 unspecified atom stereocenters. The second kappa shape index (κ2) is 7.83. The van der Waals surface area contributed by atoms with Crippen LogP contribution < -0.4 is 10.6 Å². The fraction of sp³-hybridized carbons (Fsp3) is 0.222. The van der Waals surface area contributed by atoms with Crippen molar-refractivity contribution in [2.24, 2.45) is 0 Å². The van der Waals surface area contributed by atoms with E-state index in [-0.39, 0.29) is 5.41 Å². The van der Waals surface area contributed by atoms with Crippen LogP contribution in [0, 0.1) is 0 Å². The Morgan fingerprint density at radius 1 is 0.700 bits per heavy atom. The highest BCUT2D eigenvalue weighted by Gasteiger charge is 2.18. The van der Waals surface area contributed by atoms with Crippen LogP contribution in [0.15, 0.2) is 72.9 Å². The summed E-state index contributed by atoms with van der Waals surface area (Å²) in [6, 6.07) is 23.9. The number of hydrogen-bond donors (Lipinski definition) is 2. The van der Waals surface area contributed by atoms with E-state index in [4.69, 9.17) is 4.98 Å². The second-order valence-corrected chi connectivity index (χ2v) is 8.69. The number of rotatable bonds is 4. The van der Waals surface area contributed by atoms with Gasteiger partial charge in [-0.15, -0.1) is 0 Å². The lowest BCUT2D eigenvalue weighted by Crippen LogP contribution is -2.12. The molecule has 3 aromatic carbocycles. The summed E-state index contributed by atoms with van der Waals surface area (Å²) in [6.45, 7) is 6.81. The number of nitrogens with zero attached hydrogens (tertiary/aromatic N) is 1. The fourth-order valence-electron chi connectivity index (χ4n) is 4.00. The van der Waals surface area contributed by atoms with Crippen molar-refractivity contribution in [1.82, 2.24) is 4.98 Å². The van der Waals surface area contributed by atoms with Gasteiger partial charge in [0.1, 0.15) is 0 Å². The van der Waals surface area contributed by atoms with Gasteiger partial charge in [-0.1, -0.05) is 51.1 Å². The van der Waals surface area contributed by atoms with Crippen LogP contribution in [0.3, 0.4) is 0 Å². The number of benzene rings is 3. The standard InChI is InChI=1S/C27H29N3/c1-27(2,3)23-15-21(14-20-8-6-7-9-22(20)23)25-16-19(12-13-30-25)18-10-11-24(28-4)26(17-18)29-5/h6-17,28-29H,1-5H3. The first-order valence-corrected chi connectivity index (χ1v) is 10.4. The van der Waals surface area contributed by atoms with Gasteiger partial charge in [0.25, 0.3) is 0 Å². The molecule has 4 rings (SSSR count). The first-order valence-electron chi connectivity index (χ1n) is 10.4. The first-order chi connectivity index (χ1) is 14.4. The number of fused-ring (bicyclic) bond motifs is 1. The summed E-state index contributed by atoms with van der Waals surface area (Å²) in [5.74, 6) is 0. The lowest BCUT2D eigenvalue weighted by molar-refractivity contribution is 0.596. The smallest absolute Gasteiger partial charge is 0.0708 e. The van der Waals surface area contributed by atoms with Gasteiger partial charge in [0.15, 0.2) is 0 Å². The summed E-state index contributed by atoms with van der Waals surface area (Å²) in [5.41, 5.74) is 8.03. The van der Waals surface area contributed by atoms with Gasteiger partial charge in [0, 0.05) is 25.9 Å². The maximum Gasteiger partial charge on any atom is 0.0708 e. The minimum absolute atomic E-state index is 0.0535. The van der Waals surface area contributed by atoms with Crippen LogP contribution in [0.4, 0.5) is 11.4 Å². The Kier molecular flexibility index (Phi) is 5.21. The summed E-state index contributed by atoms with van der Waals surface area (Å²) in [5, 5.41) is 9.06. The second-order valence-electron chi connectivity index (χ2n) is 8.69. The summed E-state index contributed by atoms with van der Waals surface area (Å²) >= 11 is 0. The number of pyridine rings is 1. The third-order valence-electron chi connectivity index (χ3n) is 5.62. The third-order valence-corrected chi connectivity index (χ3v) is 5.62. The van der Waals surface area contributed by atoms with Gasteiger partial charge >= 0.3 is 0 Å². The van der Waals surface area contributed by atoms with E-state index in [1.54, 1.807) is 0 Å². The Morgan fingerprint density at radius 2 is 1.43 bits per heavy atom. The number of nitrogens with one attached hydrogen (secondary N) is 2. The molecule has 0 saturated carbocycles. The maximum atomic E-state index is 4.71. The van der Waals surface area contributed by atoms with Gasteiger partial charge in [0.05, 0.1) is 17.1 Å². The maximum absolute atomic E-state index is 4.71. The van der Waals surface area contributed by atoms with E-state index in [2.05, 4.69) is 98.1 Å². The zero-order valence-corrected chi connectivity index (χ0v) is 18.4. The van der Waals surface area contributed by atoms with Crippen LogP contribution in [0.2, 0.25) is 0 Å². The van der Waals surface area contributed by atoms with Gasteiger partial charge in [-0.05, 0) is 69.3 Å². The van der Waals surface area contributed by atoms with Crippen molar-refractivity contribution in [3.8, 4) is 22.4 Å². The van der Waals surface area contributed by atoms with Gasteiger partial charge in [-0.2, -0.15) is 0 Å². The number of anilines is 2. The Bertz CT molecular complexity index is 1200. The molecule has 152 valence electrons. The van der Waals surface area contributed by atoms with Crippen LogP contribution in [0.25, 0.3) is 33.2 Å². The van der Waals surface area contributed by atoms with E-state index in [1.807, 2.05) is 20.3 Å². The molecule has 0 aliphatic rings. The molecule has 0 atom stereocenters. The van der Waals surface area contributed by atoms with E-state index in [1.165, 1.54) is 21.9 Å². The highest BCUT2D eigenvalue weighted by molar-refractivity contribution is 5.91. The minimum Gasteiger partial charge on any atom is -0.386 e. The van der Waals surface area contributed by atoms with Gasteiger partial charge in [0.2, 0.25) is 0 Å². The monoisotopic (exact) mass is 395 g/mol. The predicted molar refractivity (Wildman–Crippen MR) is 130 cm³/mol. The van der Waals surface area contributed by atoms with E-state index in [0.717, 1.165) is 28.2 Å². The molecular weight excluding hydrogens is 366 g/mol. The predicted octanol–water partition coefficient (Wildman–Crippen LogP) is 6.95. The molecule has 2 N–H and O–H groups in total. The summed E-state index contributed by atoms with van der Waals surface area (Å²) in [6.07, 6.45) is 1.90. The van der Waals surface area contributed by atoms with Gasteiger partial charge in [-0.25, -0.2) is 0 Å². The molecule has 0 radical (unpaired) electrons. The SMILES string of the molecule is CNc1ccc(-c2ccnc(-c3cc(C(C)(C)C)c4ccccc4c3)c2)cc1NC. The molecular formula is C27H29N3. The van der Waals surface area contributed by atoms with E-state index >= 15 is 0 Å². The molecule has 1 aromatic heterocycles. The minimum atomic E-state index is 0.0535. The largest absolute Gasteiger partial charge is 0.386 e. The summed E-state index contributed by atoms with van der Waals surface area (Å²) in [4.78, 5) is 4.71. The van der Waals surface area contributed by atoms with Gasteiger partial charge < -0.3 is 10.6 Å². The van der Waals surface area contributed by atoms with Crippen molar-refractivity contribution in [3.63, 3.8) is 0 Å². The zero-order valence-electron chi connectivity index (χ0n) is 18.4. The number of hydrogen-bond acceptors (Lipinski definition) is 3. The van der Waals surface area contributed by atoms with E-state index in [9.17, 15) is 0 Å². The Morgan fingerprint density at radius 3 is 2.17 bits per heavy atom. The number of aromatic nitrogens is 1. The Labute approximate surface area is 179 Å². The van der Waals surface area contributed by atoms with Crippen molar-refractivity contribution < 1.29 is 0 Å². The molecule has 0 bridgehead atoms. The van der Waals surface area contributed by atoms with Crippen LogP contribution >= 0.6 is 0 Å². The van der Waals surface area contributed by atoms with Crippen LogP contribution in [-0.4, -0.2) is 19.1 Å². The summed E-state index contributed by atoms with van der Waals surface area (Å²) < 4.78 is 0. The molecule has 0 saturated heterocycles. The fourth-order valence-corrected chi connectivity index (χ4v) is 4.00. The normalized spacial score (nSPS) is 11.5. The molecule has 0 aliphatic heterocycles. The topological polar surface area (TPSA) is 37.0 Å². The van der Waals surface area contributed by atoms with Crippen molar-refractivity contribution >= 4 is 22.1 Å². The first kappa shape index (κ1) is 20.0. The molecule has 30 heavy (non-hydrogen) atoms. The molecule has 0 fully saturated rings. The molecule has 0 spiro atoms. The average Bonchev–Trinajstić information content (AvgIpc) is 2.77. The average molecular weight is 396 g/mol. The van der Waals surface area contributed by atoms with Crippen molar-refractivity contribution in [2.45, 2.75) is 26.2 Å². The van der Waals surface area contributed by atoms with Crippen molar-refractivity contribution in [2.75, 3.05) is 24.7 Å². The van der Waals surface area contributed by atoms with E-state index < -0.39 is 0 Å². The lowest BCUT2D eigenvalue weighted by atomic mass is 9.82.